The van der Waals surface area contributed by atoms with E-state index in [1.54, 1.807) is 11.3 Å². The summed E-state index contributed by atoms with van der Waals surface area (Å²) in [5.74, 6) is 0.826. The molecule has 0 bridgehead atoms. The summed E-state index contributed by atoms with van der Waals surface area (Å²) >= 11 is 1.80. The summed E-state index contributed by atoms with van der Waals surface area (Å²) in [7, 11) is 5.33. The SMILES string of the molecule is CN=C(NCCCCCCC(=O)OC)N(C)CCc1cccs1.I. The van der Waals surface area contributed by atoms with E-state index in [2.05, 4.69) is 44.5 Å². The number of unbranched alkanes of at least 4 members (excludes halogenated alkanes) is 3. The van der Waals surface area contributed by atoms with Crippen molar-refractivity contribution in [1.82, 2.24) is 10.2 Å². The fraction of sp³-hybridized carbons (Fsp3) is 0.647. The van der Waals surface area contributed by atoms with Gasteiger partial charge in [0.25, 0.3) is 0 Å². The summed E-state index contributed by atoms with van der Waals surface area (Å²) < 4.78 is 4.63. The van der Waals surface area contributed by atoms with Crippen LogP contribution in [-0.2, 0) is 16.0 Å². The Balaban J connectivity index is 0.00000529. The van der Waals surface area contributed by atoms with E-state index >= 15 is 0 Å². The lowest BCUT2D eigenvalue weighted by Crippen LogP contribution is -2.40. The third kappa shape index (κ3) is 10.1. The van der Waals surface area contributed by atoms with Crippen molar-refractivity contribution in [2.24, 2.45) is 4.99 Å². The van der Waals surface area contributed by atoms with Gasteiger partial charge in [0.05, 0.1) is 7.11 Å². The van der Waals surface area contributed by atoms with Gasteiger partial charge in [0.15, 0.2) is 5.96 Å². The fourth-order valence-electron chi connectivity index (χ4n) is 2.27. The fourth-order valence-corrected chi connectivity index (χ4v) is 2.97. The van der Waals surface area contributed by atoms with Gasteiger partial charge in [-0.25, -0.2) is 0 Å². The average molecular weight is 467 g/mol. The van der Waals surface area contributed by atoms with Crippen molar-refractivity contribution < 1.29 is 9.53 Å². The van der Waals surface area contributed by atoms with E-state index < -0.39 is 0 Å². The van der Waals surface area contributed by atoms with Crippen molar-refractivity contribution in [3.63, 3.8) is 0 Å². The molecule has 7 heteroatoms. The number of rotatable bonds is 10. The van der Waals surface area contributed by atoms with E-state index in [0.717, 1.165) is 51.2 Å². The first-order valence-electron chi connectivity index (χ1n) is 8.18. The zero-order chi connectivity index (χ0) is 16.9. The highest BCUT2D eigenvalue weighted by Gasteiger charge is 2.06. The lowest BCUT2D eigenvalue weighted by Gasteiger charge is -2.21. The second-order valence-electron chi connectivity index (χ2n) is 5.47. The van der Waals surface area contributed by atoms with E-state index in [0.29, 0.717) is 6.42 Å². The standard InChI is InChI=1S/C17H29N3O2S.HI/c1-18-17(20(2)13-11-15-9-8-14-23-15)19-12-7-5-4-6-10-16(21)22-3;/h8-9,14H,4-7,10-13H2,1-3H3,(H,18,19);1H. The molecule has 24 heavy (non-hydrogen) atoms. The number of esters is 1. The summed E-state index contributed by atoms with van der Waals surface area (Å²) in [5, 5.41) is 5.51. The van der Waals surface area contributed by atoms with Crippen LogP contribution in [0.3, 0.4) is 0 Å². The van der Waals surface area contributed by atoms with Crippen molar-refractivity contribution in [1.29, 1.82) is 0 Å². The predicted molar refractivity (Wildman–Crippen MR) is 113 cm³/mol. The van der Waals surface area contributed by atoms with Gasteiger partial charge in [-0.1, -0.05) is 18.9 Å². The first kappa shape index (κ1) is 23.2. The van der Waals surface area contributed by atoms with E-state index in [9.17, 15) is 4.79 Å². The predicted octanol–water partition coefficient (Wildman–Crippen LogP) is 3.54. The van der Waals surface area contributed by atoms with Crippen LogP contribution in [0.2, 0.25) is 0 Å². The number of thiophene rings is 1. The Kier molecular flexibility index (Phi) is 14.0. The highest BCUT2D eigenvalue weighted by molar-refractivity contribution is 14.0. The number of nitrogens with zero attached hydrogens (tertiary/aromatic N) is 2. The maximum absolute atomic E-state index is 11.0. The van der Waals surface area contributed by atoms with Crippen LogP contribution in [0.4, 0.5) is 0 Å². The van der Waals surface area contributed by atoms with Crippen molar-refractivity contribution >= 4 is 47.2 Å². The average Bonchev–Trinajstić information content (AvgIpc) is 3.08. The van der Waals surface area contributed by atoms with Crippen LogP contribution in [-0.4, -0.2) is 51.1 Å². The first-order valence-corrected chi connectivity index (χ1v) is 9.06. The van der Waals surface area contributed by atoms with Gasteiger partial charge in [0, 0.05) is 38.5 Å². The second kappa shape index (κ2) is 14.5. The number of carbonyl (C=O) groups excluding carboxylic acids is 1. The molecule has 0 spiro atoms. The summed E-state index contributed by atoms with van der Waals surface area (Å²) in [6.45, 7) is 1.87. The molecule has 0 saturated heterocycles. The van der Waals surface area contributed by atoms with Gasteiger partial charge in [0.1, 0.15) is 0 Å². The Morgan fingerprint density at radius 2 is 2.08 bits per heavy atom. The number of carbonyl (C=O) groups is 1. The van der Waals surface area contributed by atoms with Gasteiger partial charge in [-0.3, -0.25) is 9.79 Å². The summed E-state index contributed by atoms with van der Waals surface area (Å²) in [5.41, 5.74) is 0. The van der Waals surface area contributed by atoms with E-state index in [1.165, 1.54) is 12.0 Å². The molecule has 0 aromatic carbocycles. The van der Waals surface area contributed by atoms with Crippen molar-refractivity contribution in [2.45, 2.75) is 38.5 Å². The Morgan fingerprint density at radius 3 is 2.71 bits per heavy atom. The second-order valence-corrected chi connectivity index (χ2v) is 6.50. The van der Waals surface area contributed by atoms with Crippen LogP contribution < -0.4 is 5.32 Å². The van der Waals surface area contributed by atoms with Crippen molar-refractivity contribution in [3.05, 3.63) is 22.4 Å². The molecule has 1 rings (SSSR count). The van der Waals surface area contributed by atoms with Crippen LogP contribution in [0.5, 0.6) is 0 Å². The number of guanidine groups is 1. The maximum Gasteiger partial charge on any atom is 0.305 e. The molecule has 0 aliphatic carbocycles. The van der Waals surface area contributed by atoms with E-state index in [-0.39, 0.29) is 29.9 Å². The van der Waals surface area contributed by atoms with Gasteiger partial charge >= 0.3 is 5.97 Å². The molecule has 0 fully saturated rings. The number of methoxy groups -OCH3 is 1. The molecule has 5 nitrogen and oxygen atoms in total. The monoisotopic (exact) mass is 467 g/mol. The molecular formula is C17H30IN3O2S. The Bertz CT molecular complexity index is 466. The molecule has 0 aliphatic heterocycles. The molecule has 1 heterocycles. The maximum atomic E-state index is 11.0. The quantitative estimate of drug-likeness (QED) is 0.188. The van der Waals surface area contributed by atoms with Crippen molar-refractivity contribution in [3.8, 4) is 0 Å². The molecule has 0 radical (unpaired) electrons. The number of hydrogen-bond acceptors (Lipinski definition) is 4. The van der Waals surface area contributed by atoms with Crippen LogP contribution in [0.15, 0.2) is 22.5 Å². The number of halogens is 1. The third-order valence-electron chi connectivity index (χ3n) is 3.67. The third-order valence-corrected chi connectivity index (χ3v) is 4.60. The van der Waals surface area contributed by atoms with Crippen LogP contribution in [0.25, 0.3) is 0 Å². The Labute approximate surface area is 166 Å². The number of likely N-dealkylation sites (N-methyl/N-ethyl adjacent to an activating group) is 1. The van der Waals surface area contributed by atoms with Crippen LogP contribution in [0.1, 0.15) is 37.0 Å². The zero-order valence-corrected chi connectivity index (χ0v) is 18.1. The van der Waals surface area contributed by atoms with Crippen molar-refractivity contribution in [2.75, 3.05) is 34.3 Å². The molecule has 1 N–H and O–H groups in total. The molecular weight excluding hydrogens is 437 g/mol. The Hall–Kier alpha value is -0.830. The molecule has 0 atom stereocenters. The molecule has 1 aromatic heterocycles. The van der Waals surface area contributed by atoms with Gasteiger partial charge in [-0.15, -0.1) is 35.3 Å². The van der Waals surface area contributed by atoms with Gasteiger partial charge in [0.2, 0.25) is 0 Å². The van der Waals surface area contributed by atoms with Gasteiger partial charge < -0.3 is 15.0 Å². The summed E-state index contributed by atoms with van der Waals surface area (Å²) in [6.07, 6.45) is 5.73. The molecule has 1 aromatic rings. The number of hydrogen-bond donors (Lipinski definition) is 1. The minimum atomic E-state index is -0.115. The molecule has 0 aliphatic rings. The van der Waals surface area contributed by atoms with Gasteiger partial charge in [-0.2, -0.15) is 0 Å². The topological polar surface area (TPSA) is 53.9 Å². The zero-order valence-electron chi connectivity index (χ0n) is 14.9. The largest absolute Gasteiger partial charge is 0.469 e. The normalized spacial score (nSPS) is 10.9. The van der Waals surface area contributed by atoms with E-state index in [1.807, 2.05) is 7.05 Å². The minimum Gasteiger partial charge on any atom is -0.469 e. The van der Waals surface area contributed by atoms with E-state index in [4.69, 9.17) is 0 Å². The molecule has 0 unspecified atom stereocenters. The number of aliphatic imine (C=N–C) groups is 1. The molecule has 0 amide bonds. The van der Waals surface area contributed by atoms with Gasteiger partial charge in [-0.05, 0) is 30.7 Å². The molecule has 0 saturated carbocycles. The lowest BCUT2D eigenvalue weighted by atomic mass is 10.1. The smallest absolute Gasteiger partial charge is 0.305 e. The summed E-state index contributed by atoms with van der Waals surface area (Å²) in [6, 6.07) is 4.26. The number of ether oxygens (including phenoxy) is 1. The van der Waals surface area contributed by atoms with Crippen LogP contribution >= 0.6 is 35.3 Å². The highest BCUT2D eigenvalue weighted by atomic mass is 127. The number of nitrogens with one attached hydrogen (secondary N) is 1. The lowest BCUT2D eigenvalue weighted by molar-refractivity contribution is -0.140. The summed E-state index contributed by atoms with van der Waals surface area (Å²) in [4.78, 5) is 18.9. The molecule has 138 valence electrons. The highest BCUT2D eigenvalue weighted by Crippen LogP contribution is 2.09. The Morgan fingerprint density at radius 1 is 1.33 bits per heavy atom. The first-order chi connectivity index (χ1) is 11.2. The minimum absolute atomic E-state index is 0. The van der Waals surface area contributed by atoms with Crippen LogP contribution in [0, 0.1) is 0 Å².